The molecule has 0 aromatic heterocycles. The fourth-order valence-corrected chi connectivity index (χ4v) is 3.69. The maximum Gasteiger partial charge on any atom is 0.229 e. The summed E-state index contributed by atoms with van der Waals surface area (Å²) in [5.74, 6) is -16.2. The van der Waals surface area contributed by atoms with Gasteiger partial charge in [0.1, 0.15) is 0 Å². The van der Waals surface area contributed by atoms with Crippen molar-refractivity contribution in [3.05, 3.63) is 53.1 Å². The Labute approximate surface area is 216 Å². The van der Waals surface area contributed by atoms with Gasteiger partial charge in [0.2, 0.25) is 23.0 Å². The number of rotatable bonds is 8. The minimum atomic E-state index is -4.16. The molecule has 0 aliphatic heterocycles. The maximum absolute atomic E-state index is 13.6. The molecule has 0 amide bonds. The molecule has 0 aliphatic carbocycles. The van der Waals surface area contributed by atoms with E-state index in [1.807, 2.05) is 0 Å². The summed E-state index contributed by atoms with van der Waals surface area (Å²) < 4.78 is 0. The van der Waals surface area contributed by atoms with Crippen LogP contribution in [-0.2, 0) is 0 Å². The van der Waals surface area contributed by atoms with Crippen molar-refractivity contribution < 1.29 is 75.7 Å². The van der Waals surface area contributed by atoms with E-state index in [-0.39, 0.29) is 0 Å². The van der Waals surface area contributed by atoms with E-state index in [9.17, 15) is 75.7 Å². The second-order valence-electron chi connectivity index (χ2n) is 8.31. The van der Waals surface area contributed by atoms with Crippen molar-refractivity contribution in [1.29, 1.82) is 0 Å². The topological polar surface area (TPSA) is 294 Å². The summed E-state index contributed by atoms with van der Waals surface area (Å²) in [5.41, 5.74) is -11.1. The van der Waals surface area contributed by atoms with Gasteiger partial charge < -0.3 is 61.3 Å². The molecule has 0 bridgehead atoms. The molecule has 0 fully saturated rings. The van der Waals surface area contributed by atoms with Crippen molar-refractivity contribution in [2.24, 2.45) is 0 Å². The second kappa shape index (κ2) is 9.56. The third-order valence-electron chi connectivity index (χ3n) is 5.86. The molecule has 206 valence electrons. The van der Waals surface area contributed by atoms with Gasteiger partial charge in [0, 0.05) is 16.7 Å². The van der Waals surface area contributed by atoms with E-state index < -0.39 is 104 Å². The summed E-state index contributed by atoms with van der Waals surface area (Å²) >= 11 is 0. The third kappa shape index (κ3) is 4.31. The van der Waals surface area contributed by atoms with Crippen molar-refractivity contribution in [3.8, 4) is 51.7 Å². The number of carbonyl (C=O) groups is 3. The lowest BCUT2D eigenvalue weighted by molar-refractivity contribution is -0.101. The number of phenols is 9. The Morgan fingerprint density at radius 2 is 0.718 bits per heavy atom. The zero-order valence-electron chi connectivity index (χ0n) is 19.3. The van der Waals surface area contributed by atoms with Crippen molar-refractivity contribution >= 4 is 17.3 Å². The fraction of sp³-hybridized carbons (Fsp3) is 0.125. The van der Waals surface area contributed by atoms with Crippen LogP contribution in [0.5, 0.6) is 51.7 Å². The molecule has 3 aromatic rings. The van der Waals surface area contributed by atoms with Gasteiger partial charge in [-0.15, -0.1) is 0 Å². The quantitative estimate of drug-likeness (QED) is 0.0954. The first kappa shape index (κ1) is 28.3. The lowest BCUT2D eigenvalue weighted by atomic mass is 9.69. The van der Waals surface area contributed by atoms with Gasteiger partial charge in [-0.25, -0.2) is 0 Å². The molecule has 12 N–H and O–H groups in total. The standard InChI is InChI=1S/C24H20O15/c25-7-23(38,20(35)8-1-11(26)17(32)12(27)2-8)24(39,21(36)9-3-13(28)18(33)14(29)4-9)22(37)10-5-15(30)19(34)16(31)6-10/h1-6,25-34,38-39H,7H2. The number of aliphatic hydroxyl groups is 3. The highest BCUT2D eigenvalue weighted by Crippen LogP contribution is 2.43. The number of hydrogen-bond acceptors (Lipinski definition) is 15. The molecule has 0 saturated heterocycles. The second-order valence-corrected chi connectivity index (χ2v) is 8.31. The van der Waals surface area contributed by atoms with Gasteiger partial charge in [0.05, 0.1) is 6.61 Å². The lowest BCUT2D eigenvalue weighted by Gasteiger charge is -2.39. The van der Waals surface area contributed by atoms with E-state index in [4.69, 9.17) is 0 Å². The zero-order chi connectivity index (χ0) is 29.6. The van der Waals surface area contributed by atoms with E-state index in [1.165, 1.54) is 0 Å². The van der Waals surface area contributed by atoms with Crippen LogP contribution in [0.3, 0.4) is 0 Å². The Bertz CT molecular complexity index is 1390. The third-order valence-corrected chi connectivity index (χ3v) is 5.86. The molecule has 0 saturated carbocycles. The number of Topliss-reactive ketones (excluding diaryl/α,β-unsaturated/α-hetero) is 3. The van der Waals surface area contributed by atoms with E-state index >= 15 is 0 Å². The molecule has 15 nitrogen and oxygen atoms in total. The Hall–Kier alpha value is -5.25. The van der Waals surface area contributed by atoms with Gasteiger partial charge in [-0.05, 0) is 36.4 Å². The molecule has 15 heteroatoms. The van der Waals surface area contributed by atoms with Gasteiger partial charge in [-0.2, -0.15) is 0 Å². The van der Waals surface area contributed by atoms with Gasteiger partial charge in [-0.1, -0.05) is 0 Å². The minimum Gasteiger partial charge on any atom is -0.504 e. The van der Waals surface area contributed by atoms with Gasteiger partial charge >= 0.3 is 0 Å². The summed E-state index contributed by atoms with van der Waals surface area (Å²) in [5, 5.41) is 120. The molecule has 3 rings (SSSR count). The Balaban J connectivity index is 2.36. The van der Waals surface area contributed by atoms with Crippen LogP contribution in [0.2, 0.25) is 0 Å². The van der Waals surface area contributed by atoms with Crippen LogP contribution in [-0.4, -0.2) is 96.4 Å². The summed E-state index contributed by atoms with van der Waals surface area (Å²) in [6.07, 6.45) is 0. The van der Waals surface area contributed by atoms with Crippen LogP contribution in [0.15, 0.2) is 36.4 Å². The summed E-state index contributed by atoms with van der Waals surface area (Å²) in [6.45, 7) is -1.94. The average Bonchev–Trinajstić information content (AvgIpc) is 2.90. The average molecular weight is 548 g/mol. The van der Waals surface area contributed by atoms with Crippen LogP contribution >= 0.6 is 0 Å². The van der Waals surface area contributed by atoms with Crippen molar-refractivity contribution in [2.45, 2.75) is 11.2 Å². The molecule has 39 heavy (non-hydrogen) atoms. The Kier molecular flexibility index (Phi) is 6.95. The SMILES string of the molecule is O=C(c1cc(O)c(O)c(O)c1)C(O)(CO)C(O)(C(=O)c1cc(O)c(O)c(O)c1)C(=O)c1cc(O)c(O)c(O)c1. The predicted octanol–water partition coefficient (Wildman–Crippen LogP) is -0.560. The van der Waals surface area contributed by atoms with E-state index in [0.29, 0.717) is 36.4 Å². The van der Waals surface area contributed by atoms with Gasteiger partial charge in [0.15, 0.2) is 57.3 Å². The molecule has 0 radical (unpaired) electrons. The summed E-state index contributed by atoms with van der Waals surface area (Å²) in [6, 6.07) is 2.49. The number of benzene rings is 3. The molecule has 0 aliphatic rings. The first-order valence-corrected chi connectivity index (χ1v) is 10.5. The predicted molar refractivity (Wildman–Crippen MR) is 124 cm³/mol. The molecular formula is C24H20O15. The summed E-state index contributed by atoms with van der Waals surface area (Å²) in [7, 11) is 0. The maximum atomic E-state index is 13.6. The first-order valence-electron chi connectivity index (χ1n) is 10.5. The van der Waals surface area contributed by atoms with Crippen LogP contribution in [0.25, 0.3) is 0 Å². The van der Waals surface area contributed by atoms with Gasteiger partial charge in [0.25, 0.3) is 0 Å². The number of hydrogen-bond donors (Lipinski definition) is 12. The van der Waals surface area contributed by atoms with Crippen LogP contribution in [0, 0.1) is 0 Å². The zero-order valence-corrected chi connectivity index (χ0v) is 19.3. The molecule has 0 heterocycles. The minimum absolute atomic E-state index is 0.405. The number of aliphatic hydroxyl groups excluding tert-OH is 1. The van der Waals surface area contributed by atoms with Crippen LogP contribution < -0.4 is 0 Å². The van der Waals surface area contributed by atoms with Crippen molar-refractivity contribution in [1.82, 2.24) is 0 Å². The van der Waals surface area contributed by atoms with E-state index in [2.05, 4.69) is 0 Å². The molecular weight excluding hydrogens is 528 g/mol. The number of aromatic hydroxyl groups is 9. The number of carbonyl (C=O) groups excluding carboxylic acids is 3. The lowest BCUT2D eigenvalue weighted by Crippen LogP contribution is -2.69. The normalized spacial score (nSPS) is 13.0. The summed E-state index contributed by atoms with van der Waals surface area (Å²) in [4.78, 5) is 40.5. The largest absolute Gasteiger partial charge is 0.504 e. The first-order chi connectivity index (χ1) is 18.0. The monoisotopic (exact) mass is 548 g/mol. The number of ketones is 3. The van der Waals surface area contributed by atoms with E-state index in [1.54, 1.807) is 0 Å². The molecule has 0 spiro atoms. The van der Waals surface area contributed by atoms with E-state index in [0.717, 1.165) is 0 Å². The van der Waals surface area contributed by atoms with Crippen molar-refractivity contribution in [3.63, 3.8) is 0 Å². The Morgan fingerprint density at radius 3 is 0.949 bits per heavy atom. The fourth-order valence-electron chi connectivity index (χ4n) is 3.69. The molecule has 3 aromatic carbocycles. The van der Waals surface area contributed by atoms with Crippen LogP contribution in [0.4, 0.5) is 0 Å². The van der Waals surface area contributed by atoms with Gasteiger partial charge in [-0.3, -0.25) is 14.4 Å². The van der Waals surface area contributed by atoms with Crippen LogP contribution in [0.1, 0.15) is 31.1 Å². The van der Waals surface area contributed by atoms with Crippen molar-refractivity contribution in [2.75, 3.05) is 6.61 Å². The smallest absolute Gasteiger partial charge is 0.229 e. The number of phenolic OH excluding ortho intramolecular Hbond substituents is 9. The Morgan fingerprint density at radius 1 is 0.487 bits per heavy atom. The highest BCUT2D eigenvalue weighted by Gasteiger charge is 2.64. The molecule has 1 unspecified atom stereocenters. The highest BCUT2D eigenvalue weighted by molar-refractivity contribution is 6.28. The molecule has 1 atom stereocenters. The highest BCUT2D eigenvalue weighted by atomic mass is 16.4.